The summed E-state index contributed by atoms with van der Waals surface area (Å²) >= 11 is 0. The fourth-order valence-corrected chi connectivity index (χ4v) is 2.28. The molecule has 6 heteroatoms. The van der Waals surface area contributed by atoms with Gasteiger partial charge in [0.05, 0.1) is 6.42 Å². The van der Waals surface area contributed by atoms with Gasteiger partial charge in [-0.1, -0.05) is 30.3 Å². The van der Waals surface area contributed by atoms with Crippen LogP contribution in [0.2, 0.25) is 0 Å². The predicted octanol–water partition coefficient (Wildman–Crippen LogP) is 1.91. The molecule has 110 valence electrons. The van der Waals surface area contributed by atoms with Crippen LogP contribution >= 0.6 is 12.4 Å². The molecule has 0 saturated carbocycles. The molecule has 1 aliphatic heterocycles. The Bertz CT molecular complexity index is 445. The second kappa shape index (κ2) is 7.75. The number of likely N-dealkylation sites (tertiary alicyclic amines) is 1. The number of piperidine rings is 1. The molecular weight excluding hydrogens is 280 g/mol. The Labute approximate surface area is 124 Å². The topological polar surface area (TPSA) is 69.6 Å². The molecular formula is C14H19ClN2O3. The van der Waals surface area contributed by atoms with Gasteiger partial charge in [-0.3, -0.25) is 4.79 Å². The Morgan fingerprint density at radius 3 is 2.35 bits per heavy atom. The molecule has 1 heterocycles. The van der Waals surface area contributed by atoms with Crippen LogP contribution in [-0.4, -0.2) is 41.1 Å². The second-order valence-corrected chi connectivity index (χ2v) is 4.77. The SMILES string of the molecule is Cl.O=C(Cc1ccccc1)NC1CCN(C(=O)O)CC1. The summed E-state index contributed by atoms with van der Waals surface area (Å²) in [4.78, 5) is 24.0. The van der Waals surface area contributed by atoms with Crippen molar-refractivity contribution in [3.05, 3.63) is 35.9 Å². The van der Waals surface area contributed by atoms with Gasteiger partial charge >= 0.3 is 6.09 Å². The summed E-state index contributed by atoms with van der Waals surface area (Å²) in [5.41, 5.74) is 0.989. The highest BCUT2D eigenvalue weighted by atomic mass is 35.5. The van der Waals surface area contributed by atoms with Crippen molar-refractivity contribution in [2.45, 2.75) is 25.3 Å². The van der Waals surface area contributed by atoms with Crippen molar-refractivity contribution in [1.82, 2.24) is 10.2 Å². The number of amides is 2. The lowest BCUT2D eigenvalue weighted by molar-refractivity contribution is -0.121. The largest absolute Gasteiger partial charge is 0.465 e. The predicted molar refractivity (Wildman–Crippen MR) is 78.2 cm³/mol. The lowest BCUT2D eigenvalue weighted by Crippen LogP contribution is -2.46. The number of carbonyl (C=O) groups excluding carboxylic acids is 1. The van der Waals surface area contributed by atoms with Crippen LogP contribution in [0.4, 0.5) is 4.79 Å². The highest BCUT2D eigenvalue weighted by Crippen LogP contribution is 2.10. The van der Waals surface area contributed by atoms with Crippen molar-refractivity contribution in [2.24, 2.45) is 0 Å². The van der Waals surface area contributed by atoms with Gasteiger partial charge in [-0.05, 0) is 18.4 Å². The van der Waals surface area contributed by atoms with Crippen molar-refractivity contribution in [3.8, 4) is 0 Å². The molecule has 0 bridgehead atoms. The van der Waals surface area contributed by atoms with E-state index in [0.29, 0.717) is 32.4 Å². The van der Waals surface area contributed by atoms with E-state index >= 15 is 0 Å². The maximum Gasteiger partial charge on any atom is 0.407 e. The minimum Gasteiger partial charge on any atom is -0.465 e. The van der Waals surface area contributed by atoms with E-state index < -0.39 is 6.09 Å². The molecule has 2 amide bonds. The molecule has 1 saturated heterocycles. The summed E-state index contributed by atoms with van der Waals surface area (Å²) in [6.07, 6.45) is 0.869. The Morgan fingerprint density at radius 1 is 1.20 bits per heavy atom. The van der Waals surface area contributed by atoms with E-state index in [2.05, 4.69) is 5.32 Å². The van der Waals surface area contributed by atoms with Crippen molar-refractivity contribution >= 4 is 24.4 Å². The normalized spacial score (nSPS) is 15.3. The van der Waals surface area contributed by atoms with Gasteiger partial charge < -0.3 is 15.3 Å². The van der Waals surface area contributed by atoms with Crippen molar-refractivity contribution in [3.63, 3.8) is 0 Å². The number of rotatable bonds is 3. The van der Waals surface area contributed by atoms with E-state index in [0.717, 1.165) is 5.56 Å². The van der Waals surface area contributed by atoms with Gasteiger partial charge in [-0.2, -0.15) is 0 Å². The molecule has 1 fully saturated rings. The van der Waals surface area contributed by atoms with E-state index in [9.17, 15) is 9.59 Å². The number of halogens is 1. The highest BCUT2D eigenvalue weighted by molar-refractivity contribution is 5.85. The third-order valence-corrected chi connectivity index (χ3v) is 3.34. The first-order chi connectivity index (χ1) is 9.15. The minimum atomic E-state index is -0.880. The van der Waals surface area contributed by atoms with Crippen LogP contribution in [0.1, 0.15) is 18.4 Å². The Kier molecular flexibility index (Phi) is 6.31. The summed E-state index contributed by atoms with van der Waals surface area (Å²) in [5.74, 6) is -0.0000231. The zero-order chi connectivity index (χ0) is 13.7. The molecule has 1 aliphatic rings. The number of hydrogen-bond donors (Lipinski definition) is 2. The molecule has 2 N–H and O–H groups in total. The number of carboxylic acid groups (broad SMARTS) is 1. The van der Waals surface area contributed by atoms with Gasteiger partial charge in [0.15, 0.2) is 0 Å². The number of carbonyl (C=O) groups is 2. The van der Waals surface area contributed by atoms with Gasteiger partial charge in [0.1, 0.15) is 0 Å². The molecule has 0 atom stereocenters. The molecule has 20 heavy (non-hydrogen) atoms. The second-order valence-electron chi connectivity index (χ2n) is 4.77. The van der Waals surface area contributed by atoms with Crippen molar-refractivity contribution in [2.75, 3.05) is 13.1 Å². The Balaban J connectivity index is 0.00000200. The zero-order valence-electron chi connectivity index (χ0n) is 11.1. The number of nitrogens with zero attached hydrogens (tertiary/aromatic N) is 1. The maximum atomic E-state index is 11.9. The number of nitrogens with one attached hydrogen (secondary N) is 1. The molecule has 0 unspecified atom stereocenters. The van der Waals surface area contributed by atoms with Crippen LogP contribution in [0.25, 0.3) is 0 Å². The molecule has 0 aliphatic carbocycles. The van der Waals surface area contributed by atoms with E-state index in [1.165, 1.54) is 4.90 Å². The monoisotopic (exact) mass is 298 g/mol. The summed E-state index contributed by atoms with van der Waals surface area (Å²) in [6, 6.07) is 9.68. The van der Waals surface area contributed by atoms with Crippen LogP contribution in [0.15, 0.2) is 30.3 Å². The van der Waals surface area contributed by atoms with Crippen LogP contribution in [-0.2, 0) is 11.2 Å². The molecule has 0 radical (unpaired) electrons. The number of hydrogen-bond acceptors (Lipinski definition) is 2. The quantitative estimate of drug-likeness (QED) is 0.895. The van der Waals surface area contributed by atoms with E-state index in [1.54, 1.807) is 0 Å². The zero-order valence-corrected chi connectivity index (χ0v) is 11.9. The minimum absolute atomic E-state index is 0. The average Bonchev–Trinajstić information content (AvgIpc) is 2.40. The molecule has 1 aromatic carbocycles. The van der Waals surface area contributed by atoms with E-state index in [1.807, 2.05) is 30.3 Å². The molecule has 1 aromatic rings. The standard InChI is InChI=1S/C14H18N2O3.ClH/c17-13(10-11-4-2-1-3-5-11)15-12-6-8-16(9-7-12)14(18)19;/h1-5,12H,6-10H2,(H,15,17)(H,18,19);1H. The molecule has 0 spiro atoms. The van der Waals surface area contributed by atoms with E-state index in [4.69, 9.17) is 5.11 Å². The summed E-state index contributed by atoms with van der Waals surface area (Å²) in [5, 5.41) is 11.8. The van der Waals surface area contributed by atoms with Crippen molar-refractivity contribution < 1.29 is 14.7 Å². The van der Waals surface area contributed by atoms with Gasteiger partial charge in [0.2, 0.25) is 5.91 Å². The maximum absolute atomic E-state index is 11.9. The first-order valence-electron chi connectivity index (χ1n) is 6.46. The molecule has 0 aromatic heterocycles. The van der Waals surface area contributed by atoms with Crippen LogP contribution in [0.5, 0.6) is 0 Å². The molecule has 2 rings (SSSR count). The fraction of sp³-hybridized carbons (Fsp3) is 0.429. The smallest absolute Gasteiger partial charge is 0.407 e. The third kappa shape index (κ3) is 4.74. The highest BCUT2D eigenvalue weighted by Gasteiger charge is 2.23. The van der Waals surface area contributed by atoms with Crippen LogP contribution in [0, 0.1) is 0 Å². The summed E-state index contributed by atoms with van der Waals surface area (Å²) in [6.45, 7) is 0.983. The Hall–Kier alpha value is -1.75. The van der Waals surface area contributed by atoms with Crippen LogP contribution < -0.4 is 5.32 Å². The lowest BCUT2D eigenvalue weighted by atomic mass is 10.0. The molecule has 5 nitrogen and oxygen atoms in total. The van der Waals surface area contributed by atoms with Crippen molar-refractivity contribution in [1.29, 1.82) is 0 Å². The first-order valence-corrected chi connectivity index (χ1v) is 6.46. The van der Waals surface area contributed by atoms with Gasteiger partial charge in [-0.15, -0.1) is 12.4 Å². The Morgan fingerprint density at radius 2 is 1.80 bits per heavy atom. The van der Waals surface area contributed by atoms with Gasteiger partial charge in [0.25, 0.3) is 0 Å². The fourth-order valence-electron chi connectivity index (χ4n) is 2.28. The average molecular weight is 299 g/mol. The van der Waals surface area contributed by atoms with Gasteiger partial charge in [0, 0.05) is 19.1 Å². The van der Waals surface area contributed by atoms with Crippen LogP contribution in [0.3, 0.4) is 0 Å². The van der Waals surface area contributed by atoms with Gasteiger partial charge in [-0.25, -0.2) is 4.79 Å². The number of benzene rings is 1. The third-order valence-electron chi connectivity index (χ3n) is 3.34. The lowest BCUT2D eigenvalue weighted by Gasteiger charge is -2.30. The summed E-state index contributed by atoms with van der Waals surface area (Å²) in [7, 11) is 0. The van der Waals surface area contributed by atoms with E-state index in [-0.39, 0.29) is 24.4 Å². The first kappa shape index (κ1) is 16.3. The summed E-state index contributed by atoms with van der Waals surface area (Å²) < 4.78 is 0.